The molecule has 0 radical (unpaired) electrons. The highest BCUT2D eigenvalue weighted by Crippen LogP contribution is 2.32. The molecule has 0 aliphatic carbocycles. The number of nitrogens with zero attached hydrogens (tertiary/aromatic N) is 2. The van der Waals surface area contributed by atoms with Gasteiger partial charge >= 0.3 is 0 Å². The minimum absolute atomic E-state index is 0.0591. The Bertz CT molecular complexity index is 1100. The summed E-state index contributed by atoms with van der Waals surface area (Å²) < 4.78 is 11.8. The molecule has 0 atom stereocenters. The summed E-state index contributed by atoms with van der Waals surface area (Å²) in [6.07, 6.45) is 4.93. The standard InChI is InChI=1S/C25H28N2O5/c1-2-3-6-23-24(21-17-19(27(29)30)9-12-22(21)32-23)25(28)18-7-10-20(11-8-18)31-16-15-26-13-4-5-14-26/h7-12,17H,2-6,13-16H2,1H3. The second kappa shape index (κ2) is 9.96. The van der Waals surface area contributed by atoms with E-state index in [1.807, 2.05) is 0 Å². The van der Waals surface area contributed by atoms with Gasteiger partial charge in [-0.3, -0.25) is 19.8 Å². The second-order valence-electron chi connectivity index (χ2n) is 8.19. The molecule has 1 aliphatic heterocycles. The van der Waals surface area contributed by atoms with Crippen molar-refractivity contribution in [2.45, 2.75) is 39.0 Å². The second-order valence-corrected chi connectivity index (χ2v) is 8.19. The predicted octanol–water partition coefficient (Wildman–Crippen LogP) is 5.39. The highest BCUT2D eigenvalue weighted by molar-refractivity contribution is 6.17. The molecular formula is C25H28N2O5. The highest BCUT2D eigenvalue weighted by atomic mass is 16.6. The first kappa shape index (κ1) is 22.0. The van der Waals surface area contributed by atoms with E-state index in [1.54, 1.807) is 30.3 Å². The van der Waals surface area contributed by atoms with Crippen molar-refractivity contribution in [1.29, 1.82) is 0 Å². The number of likely N-dealkylation sites (tertiary alicyclic amines) is 1. The van der Waals surface area contributed by atoms with Crippen molar-refractivity contribution in [3.05, 3.63) is 69.5 Å². The highest BCUT2D eigenvalue weighted by Gasteiger charge is 2.23. The van der Waals surface area contributed by atoms with Gasteiger partial charge in [0.05, 0.1) is 10.5 Å². The molecule has 32 heavy (non-hydrogen) atoms. The lowest BCUT2D eigenvalue weighted by molar-refractivity contribution is -0.384. The number of rotatable bonds is 10. The monoisotopic (exact) mass is 436 g/mol. The van der Waals surface area contributed by atoms with E-state index in [4.69, 9.17) is 9.15 Å². The summed E-state index contributed by atoms with van der Waals surface area (Å²) in [5.74, 6) is 1.11. The number of benzene rings is 2. The zero-order chi connectivity index (χ0) is 22.5. The number of hydrogen-bond donors (Lipinski definition) is 0. The average Bonchev–Trinajstić information content (AvgIpc) is 3.44. The van der Waals surface area contributed by atoms with Crippen molar-refractivity contribution in [2.75, 3.05) is 26.2 Å². The first-order chi connectivity index (χ1) is 15.6. The van der Waals surface area contributed by atoms with Crippen LogP contribution in [-0.2, 0) is 6.42 Å². The van der Waals surface area contributed by atoms with Crippen LogP contribution in [0.4, 0.5) is 5.69 Å². The minimum atomic E-state index is -0.458. The largest absolute Gasteiger partial charge is 0.492 e. The van der Waals surface area contributed by atoms with E-state index >= 15 is 0 Å². The lowest BCUT2D eigenvalue weighted by Gasteiger charge is -2.15. The van der Waals surface area contributed by atoms with Crippen LogP contribution in [0.25, 0.3) is 11.0 Å². The summed E-state index contributed by atoms with van der Waals surface area (Å²) in [4.78, 5) is 26.6. The number of carbonyl (C=O) groups is 1. The Morgan fingerprint density at radius 2 is 1.91 bits per heavy atom. The molecule has 0 amide bonds. The van der Waals surface area contributed by atoms with Gasteiger partial charge in [0.15, 0.2) is 5.78 Å². The lowest BCUT2D eigenvalue weighted by Crippen LogP contribution is -2.25. The zero-order valence-corrected chi connectivity index (χ0v) is 18.3. The van der Waals surface area contributed by atoms with Crippen LogP contribution in [0.3, 0.4) is 0 Å². The number of fused-ring (bicyclic) bond motifs is 1. The Hall–Kier alpha value is -3.19. The van der Waals surface area contributed by atoms with E-state index in [1.165, 1.54) is 25.0 Å². The molecule has 2 aromatic carbocycles. The molecule has 2 heterocycles. The Labute approximate surface area is 187 Å². The van der Waals surface area contributed by atoms with Crippen molar-refractivity contribution in [3.8, 4) is 5.75 Å². The number of non-ortho nitro benzene ring substituents is 1. The quantitative estimate of drug-likeness (QED) is 0.241. The molecule has 1 aliphatic rings. The summed E-state index contributed by atoms with van der Waals surface area (Å²) in [5.41, 5.74) is 1.35. The first-order valence-electron chi connectivity index (χ1n) is 11.3. The van der Waals surface area contributed by atoms with Gasteiger partial charge in [-0.25, -0.2) is 0 Å². The molecule has 4 rings (SSSR count). The van der Waals surface area contributed by atoms with E-state index in [-0.39, 0.29) is 11.5 Å². The van der Waals surface area contributed by atoms with Crippen molar-refractivity contribution >= 4 is 22.4 Å². The molecule has 1 fully saturated rings. The number of unbranched alkanes of at least 4 members (excludes halogenated alkanes) is 1. The number of hydrogen-bond acceptors (Lipinski definition) is 6. The minimum Gasteiger partial charge on any atom is -0.492 e. The Balaban J connectivity index is 1.56. The van der Waals surface area contributed by atoms with Crippen LogP contribution < -0.4 is 4.74 Å². The maximum atomic E-state index is 13.4. The number of aryl methyl sites for hydroxylation is 1. The van der Waals surface area contributed by atoms with Crippen molar-refractivity contribution in [1.82, 2.24) is 4.90 Å². The van der Waals surface area contributed by atoms with Crippen LogP contribution in [0, 0.1) is 10.1 Å². The SMILES string of the molecule is CCCCc1oc2ccc([N+](=O)[O-])cc2c1C(=O)c1ccc(OCCN2CCCC2)cc1. The van der Waals surface area contributed by atoms with Gasteiger partial charge in [0.25, 0.3) is 5.69 Å². The molecular weight excluding hydrogens is 408 g/mol. The number of furan rings is 1. The van der Waals surface area contributed by atoms with Crippen LogP contribution in [0.5, 0.6) is 5.75 Å². The fourth-order valence-corrected chi connectivity index (χ4v) is 4.16. The molecule has 0 N–H and O–H groups in total. The van der Waals surface area contributed by atoms with Crippen LogP contribution >= 0.6 is 0 Å². The van der Waals surface area contributed by atoms with Crippen molar-refractivity contribution < 1.29 is 18.9 Å². The van der Waals surface area contributed by atoms with E-state index in [9.17, 15) is 14.9 Å². The van der Waals surface area contributed by atoms with E-state index in [2.05, 4.69) is 11.8 Å². The molecule has 3 aromatic rings. The van der Waals surface area contributed by atoms with Gasteiger partial charge in [0, 0.05) is 36.0 Å². The first-order valence-corrected chi connectivity index (χ1v) is 11.3. The summed E-state index contributed by atoms with van der Waals surface area (Å²) in [6, 6.07) is 11.5. The maximum absolute atomic E-state index is 13.4. The number of ether oxygens (including phenoxy) is 1. The molecule has 168 valence electrons. The fraction of sp³-hybridized carbons (Fsp3) is 0.400. The summed E-state index contributed by atoms with van der Waals surface area (Å²) in [6.45, 7) is 5.85. The van der Waals surface area contributed by atoms with Gasteiger partial charge in [-0.05, 0) is 62.7 Å². The van der Waals surface area contributed by atoms with Crippen molar-refractivity contribution in [2.24, 2.45) is 0 Å². The lowest BCUT2D eigenvalue weighted by atomic mass is 9.98. The van der Waals surface area contributed by atoms with Crippen LogP contribution in [0.15, 0.2) is 46.9 Å². The van der Waals surface area contributed by atoms with Gasteiger partial charge < -0.3 is 9.15 Å². The Morgan fingerprint density at radius 3 is 2.59 bits per heavy atom. The van der Waals surface area contributed by atoms with E-state index in [0.717, 1.165) is 38.2 Å². The molecule has 0 unspecified atom stereocenters. The summed E-state index contributed by atoms with van der Waals surface area (Å²) in [7, 11) is 0. The molecule has 1 aromatic heterocycles. The topological polar surface area (TPSA) is 85.8 Å². The van der Waals surface area contributed by atoms with Gasteiger partial charge in [-0.15, -0.1) is 0 Å². The molecule has 7 nitrogen and oxygen atoms in total. The van der Waals surface area contributed by atoms with Gasteiger partial charge in [-0.1, -0.05) is 13.3 Å². The normalized spacial score (nSPS) is 14.2. The molecule has 0 saturated carbocycles. The van der Waals surface area contributed by atoms with Crippen LogP contribution in [0.2, 0.25) is 0 Å². The van der Waals surface area contributed by atoms with Crippen molar-refractivity contribution in [3.63, 3.8) is 0 Å². The number of nitro groups is 1. The predicted molar refractivity (Wildman–Crippen MR) is 123 cm³/mol. The van der Waals surface area contributed by atoms with E-state index in [0.29, 0.717) is 40.9 Å². The number of carbonyl (C=O) groups excluding carboxylic acids is 1. The third kappa shape index (κ3) is 4.83. The Kier molecular flexibility index (Phi) is 6.85. The maximum Gasteiger partial charge on any atom is 0.270 e. The molecule has 7 heteroatoms. The fourth-order valence-electron chi connectivity index (χ4n) is 4.16. The zero-order valence-electron chi connectivity index (χ0n) is 18.3. The van der Waals surface area contributed by atoms with Crippen LogP contribution in [0.1, 0.15) is 54.3 Å². The summed E-state index contributed by atoms with van der Waals surface area (Å²) in [5, 5.41) is 11.7. The Morgan fingerprint density at radius 1 is 1.16 bits per heavy atom. The summed E-state index contributed by atoms with van der Waals surface area (Å²) >= 11 is 0. The molecule has 0 spiro atoms. The third-order valence-corrected chi connectivity index (χ3v) is 5.93. The van der Waals surface area contributed by atoms with Crippen LogP contribution in [-0.4, -0.2) is 41.8 Å². The molecule has 1 saturated heterocycles. The number of ketones is 1. The third-order valence-electron chi connectivity index (χ3n) is 5.93. The average molecular weight is 437 g/mol. The van der Waals surface area contributed by atoms with E-state index < -0.39 is 4.92 Å². The smallest absolute Gasteiger partial charge is 0.270 e. The molecule has 0 bridgehead atoms. The van der Waals surface area contributed by atoms with Gasteiger partial charge in [0.2, 0.25) is 0 Å². The van der Waals surface area contributed by atoms with Gasteiger partial charge in [0.1, 0.15) is 23.7 Å². The van der Waals surface area contributed by atoms with Gasteiger partial charge in [-0.2, -0.15) is 0 Å². The number of nitro benzene ring substituents is 1.